The third-order valence-corrected chi connectivity index (χ3v) is 6.43. The van der Waals surface area contributed by atoms with Gasteiger partial charge in [-0.05, 0) is 61.7 Å². The summed E-state index contributed by atoms with van der Waals surface area (Å²) in [5.74, 6) is -0.521. The Bertz CT molecular complexity index is 1180. The maximum absolute atomic E-state index is 12.3. The molecule has 1 aliphatic heterocycles. The fourth-order valence-corrected chi connectivity index (χ4v) is 4.39. The van der Waals surface area contributed by atoms with E-state index >= 15 is 0 Å². The lowest BCUT2D eigenvalue weighted by Crippen LogP contribution is -2.39. The van der Waals surface area contributed by atoms with Crippen molar-refractivity contribution in [3.05, 3.63) is 71.8 Å². The molecular formula is C27H35N7O4S. The van der Waals surface area contributed by atoms with E-state index in [0.29, 0.717) is 29.2 Å². The average Bonchev–Trinajstić information content (AvgIpc) is 2.92. The number of aryl methyl sites for hydroxylation is 1. The molecule has 1 heterocycles. The second-order valence-corrected chi connectivity index (χ2v) is 9.50. The minimum Gasteiger partial charge on any atom is -0.379 e. The number of nitrogens with zero attached hydrogens (tertiary/aromatic N) is 2. The van der Waals surface area contributed by atoms with E-state index in [-0.39, 0.29) is 23.5 Å². The topological polar surface area (TPSA) is 150 Å². The molecule has 208 valence electrons. The molecule has 0 aliphatic carbocycles. The van der Waals surface area contributed by atoms with E-state index in [1.165, 1.54) is 0 Å². The Labute approximate surface area is 232 Å². The molecule has 0 bridgehead atoms. The molecule has 0 aromatic heterocycles. The molecule has 2 aromatic carbocycles. The number of anilines is 2. The van der Waals surface area contributed by atoms with Crippen molar-refractivity contribution in [1.82, 2.24) is 15.5 Å². The summed E-state index contributed by atoms with van der Waals surface area (Å²) < 4.78 is 9.76. The Hall–Kier alpha value is -3.87. The molecule has 0 radical (unpaired) electrons. The summed E-state index contributed by atoms with van der Waals surface area (Å²) in [5.41, 5.74) is 8.44. The van der Waals surface area contributed by atoms with Gasteiger partial charge in [-0.1, -0.05) is 30.8 Å². The van der Waals surface area contributed by atoms with Crippen LogP contribution in [-0.4, -0.2) is 73.9 Å². The highest BCUT2D eigenvalue weighted by Crippen LogP contribution is 2.21. The van der Waals surface area contributed by atoms with Crippen molar-refractivity contribution in [1.29, 1.82) is 0 Å². The summed E-state index contributed by atoms with van der Waals surface area (Å²) in [6, 6.07) is 13.6. The number of para-hydroxylation sites is 1. The molecule has 5 amide bonds. The van der Waals surface area contributed by atoms with E-state index in [1.807, 2.05) is 25.1 Å². The molecule has 3 rings (SSSR count). The number of carbonyl (C=O) groups is 3. The Kier molecular flexibility index (Phi) is 11.8. The zero-order chi connectivity index (χ0) is 28.0. The van der Waals surface area contributed by atoms with Crippen LogP contribution in [0.25, 0.3) is 0 Å². The number of hydrogen-bond acceptors (Lipinski definition) is 7. The predicted molar refractivity (Wildman–Crippen MR) is 156 cm³/mol. The highest BCUT2D eigenvalue weighted by Gasteiger charge is 2.16. The first kappa shape index (κ1) is 29.7. The van der Waals surface area contributed by atoms with E-state index < -0.39 is 5.91 Å². The summed E-state index contributed by atoms with van der Waals surface area (Å²) in [4.78, 5) is 38.6. The van der Waals surface area contributed by atoms with Crippen LogP contribution in [0.3, 0.4) is 0 Å². The maximum atomic E-state index is 12.3. The highest BCUT2D eigenvalue weighted by molar-refractivity contribution is 7.98. The normalized spacial score (nSPS) is 13.8. The number of benzene rings is 2. The first-order valence-electron chi connectivity index (χ1n) is 12.6. The second kappa shape index (κ2) is 15.5. The van der Waals surface area contributed by atoms with Crippen LogP contribution >= 0.6 is 11.9 Å². The number of rotatable bonds is 12. The van der Waals surface area contributed by atoms with E-state index in [4.69, 9.17) is 10.5 Å². The summed E-state index contributed by atoms with van der Waals surface area (Å²) >= 11 is 1.06. The van der Waals surface area contributed by atoms with E-state index in [9.17, 15) is 14.4 Å². The zero-order valence-corrected chi connectivity index (χ0v) is 22.8. The Morgan fingerprint density at radius 2 is 1.74 bits per heavy atom. The fraction of sp³-hybridized carbons (Fsp3) is 0.333. The first-order chi connectivity index (χ1) is 18.8. The Morgan fingerprint density at radius 1 is 1.03 bits per heavy atom. The molecule has 39 heavy (non-hydrogen) atoms. The SMILES string of the molecule is C=C(C(N)=O)/C(=N\SCNC(=O)NCCCN1CCOCC1)c1ccc(NC(=O)Nc2ccccc2)cc1C. The molecule has 0 atom stereocenters. The summed E-state index contributed by atoms with van der Waals surface area (Å²) in [6.07, 6.45) is 0.847. The smallest absolute Gasteiger partial charge is 0.323 e. The third-order valence-electron chi connectivity index (χ3n) is 5.85. The van der Waals surface area contributed by atoms with Crippen LogP contribution in [0.1, 0.15) is 17.5 Å². The van der Waals surface area contributed by atoms with Gasteiger partial charge in [-0.2, -0.15) is 0 Å². The van der Waals surface area contributed by atoms with Gasteiger partial charge < -0.3 is 31.7 Å². The van der Waals surface area contributed by atoms with Gasteiger partial charge in [0.2, 0.25) is 5.91 Å². The zero-order valence-electron chi connectivity index (χ0n) is 22.0. The number of ether oxygens (including phenoxy) is 1. The van der Waals surface area contributed by atoms with Gasteiger partial charge in [0.15, 0.2) is 0 Å². The number of hydrogen-bond donors (Lipinski definition) is 5. The molecule has 0 spiro atoms. The molecule has 1 aliphatic rings. The number of primary amides is 1. The van der Waals surface area contributed by atoms with Crippen molar-refractivity contribution in [2.24, 2.45) is 10.1 Å². The summed E-state index contributed by atoms with van der Waals surface area (Å²) in [6.45, 7) is 10.4. The number of nitrogens with one attached hydrogen (secondary N) is 4. The van der Waals surface area contributed by atoms with Crippen LogP contribution in [0.5, 0.6) is 0 Å². The van der Waals surface area contributed by atoms with Crippen molar-refractivity contribution >= 4 is 47.0 Å². The molecule has 12 heteroatoms. The van der Waals surface area contributed by atoms with Gasteiger partial charge in [0, 0.05) is 36.6 Å². The van der Waals surface area contributed by atoms with Crippen molar-refractivity contribution in [3.8, 4) is 0 Å². The monoisotopic (exact) mass is 553 g/mol. The van der Waals surface area contributed by atoms with Crippen molar-refractivity contribution in [2.45, 2.75) is 13.3 Å². The van der Waals surface area contributed by atoms with Crippen LogP contribution < -0.4 is 27.0 Å². The molecule has 0 saturated carbocycles. The number of carbonyl (C=O) groups excluding carboxylic acids is 3. The van der Waals surface area contributed by atoms with Crippen LogP contribution in [0.15, 0.2) is 65.1 Å². The quantitative estimate of drug-likeness (QED) is 0.0896. The standard InChI is InChI=1S/C27H35N7O4S/c1-19-17-22(32-27(37)31-21-7-4-3-5-8-21)9-10-23(19)24(20(2)25(28)35)33-39-18-30-26(36)29-11-6-12-34-13-15-38-16-14-34/h3-5,7-10,17H,2,6,11-16,18H2,1H3,(H2,28,35)(H2,29,30,36)(H2,31,32,37)/b33-24+. The van der Waals surface area contributed by atoms with E-state index in [1.54, 1.807) is 30.3 Å². The number of nitrogens with two attached hydrogens (primary N) is 1. The van der Waals surface area contributed by atoms with E-state index in [0.717, 1.165) is 56.8 Å². The molecular weight excluding hydrogens is 518 g/mol. The summed E-state index contributed by atoms with van der Waals surface area (Å²) in [5, 5.41) is 11.1. The second-order valence-electron chi connectivity index (χ2n) is 8.77. The van der Waals surface area contributed by atoms with E-state index in [2.05, 4.69) is 37.1 Å². The lowest BCUT2D eigenvalue weighted by atomic mass is 9.98. The molecule has 1 fully saturated rings. The van der Waals surface area contributed by atoms with Gasteiger partial charge in [-0.25, -0.2) is 14.0 Å². The molecule has 6 N–H and O–H groups in total. The fourth-order valence-electron chi connectivity index (χ4n) is 3.79. The lowest BCUT2D eigenvalue weighted by Gasteiger charge is -2.26. The molecule has 11 nitrogen and oxygen atoms in total. The van der Waals surface area contributed by atoms with Crippen molar-refractivity contribution in [3.63, 3.8) is 0 Å². The minimum atomic E-state index is -0.704. The van der Waals surface area contributed by atoms with Gasteiger partial charge in [0.1, 0.15) is 0 Å². The summed E-state index contributed by atoms with van der Waals surface area (Å²) in [7, 11) is 0. The van der Waals surface area contributed by atoms with Crippen LogP contribution in [0.2, 0.25) is 0 Å². The van der Waals surface area contributed by atoms with Crippen LogP contribution in [0.4, 0.5) is 21.0 Å². The van der Waals surface area contributed by atoms with Gasteiger partial charge in [0.25, 0.3) is 0 Å². The largest absolute Gasteiger partial charge is 0.379 e. The van der Waals surface area contributed by atoms with Gasteiger partial charge in [0.05, 0.1) is 30.4 Å². The van der Waals surface area contributed by atoms with Crippen molar-refractivity contribution in [2.75, 3.05) is 55.9 Å². The predicted octanol–water partition coefficient (Wildman–Crippen LogP) is 3.10. The first-order valence-corrected chi connectivity index (χ1v) is 13.5. The Morgan fingerprint density at radius 3 is 2.44 bits per heavy atom. The number of urea groups is 2. The maximum Gasteiger partial charge on any atom is 0.323 e. The van der Waals surface area contributed by atoms with Gasteiger partial charge in [-0.3, -0.25) is 9.69 Å². The molecule has 0 unspecified atom stereocenters. The minimum absolute atomic E-state index is 0.0423. The highest BCUT2D eigenvalue weighted by atomic mass is 32.2. The third kappa shape index (κ3) is 10.1. The molecule has 1 saturated heterocycles. The van der Waals surface area contributed by atoms with Gasteiger partial charge >= 0.3 is 12.1 Å². The average molecular weight is 554 g/mol. The molecule has 2 aromatic rings. The van der Waals surface area contributed by atoms with Crippen LogP contribution in [-0.2, 0) is 9.53 Å². The lowest BCUT2D eigenvalue weighted by molar-refractivity contribution is -0.114. The van der Waals surface area contributed by atoms with Crippen LogP contribution in [0, 0.1) is 6.92 Å². The van der Waals surface area contributed by atoms with Gasteiger partial charge in [-0.15, -0.1) is 0 Å². The number of morpholine rings is 1. The number of amides is 5. The Balaban J connectivity index is 1.51. The van der Waals surface area contributed by atoms with Crippen molar-refractivity contribution < 1.29 is 19.1 Å².